The van der Waals surface area contributed by atoms with Crippen LogP contribution in [0.25, 0.3) is 0 Å². The number of anilines is 2. The van der Waals surface area contributed by atoms with Crippen LogP contribution in [0.2, 0.25) is 0 Å². The molecule has 4 heteroatoms. The van der Waals surface area contributed by atoms with Crippen molar-refractivity contribution in [3.05, 3.63) is 42.6 Å². The molecule has 0 unspecified atom stereocenters. The van der Waals surface area contributed by atoms with Crippen LogP contribution in [0.15, 0.2) is 41.3 Å². The number of nitrogens with one attached hydrogen (secondary N) is 2. The molecule has 0 spiro atoms. The van der Waals surface area contributed by atoms with Crippen molar-refractivity contribution < 1.29 is 4.42 Å². The van der Waals surface area contributed by atoms with Gasteiger partial charge in [-0.2, -0.15) is 0 Å². The fraction of sp³-hybridized carbons (Fsp3) is 0.308. The first-order valence-electron chi connectivity index (χ1n) is 5.83. The van der Waals surface area contributed by atoms with Gasteiger partial charge in [0.2, 0.25) is 0 Å². The number of furan rings is 1. The van der Waals surface area contributed by atoms with Crippen molar-refractivity contribution in [3.8, 4) is 0 Å². The van der Waals surface area contributed by atoms with Crippen molar-refractivity contribution in [1.29, 1.82) is 0 Å². The zero-order chi connectivity index (χ0) is 11.9. The first-order chi connectivity index (χ1) is 8.38. The molecule has 0 amide bonds. The van der Waals surface area contributed by atoms with Crippen molar-refractivity contribution in [1.82, 2.24) is 4.98 Å². The highest BCUT2D eigenvalue weighted by Gasteiger charge is 1.97. The molecule has 90 valence electrons. The Balaban J connectivity index is 1.84. The van der Waals surface area contributed by atoms with Crippen LogP contribution in [0.4, 0.5) is 11.4 Å². The summed E-state index contributed by atoms with van der Waals surface area (Å²) in [4.78, 5) is 4.17. The largest absolute Gasteiger partial charge is 0.469 e. The second-order valence-corrected chi connectivity index (χ2v) is 3.75. The number of hydrogen-bond donors (Lipinski definition) is 2. The highest BCUT2D eigenvalue weighted by atomic mass is 16.3. The maximum absolute atomic E-state index is 5.27. The smallest absolute Gasteiger partial charge is 0.105 e. The summed E-state index contributed by atoms with van der Waals surface area (Å²) in [7, 11) is 0. The minimum atomic E-state index is 0.838. The summed E-state index contributed by atoms with van der Waals surface area (Å²) in [6, 6.07) is 5.94. The van der Waals surface area contributed by atoms with Gasteiger partial charge in [0, 0.05) is 19.5 Å². The highest BCUT2D eigenvalue weighted by Crippen LogP contribution is 2.12. The first-order valence-corrected chi connectivity index (χ1v) is 5.83. The Labute approximate surface area is 101 Å². The van der Waals surface area contributed by atoms with Crippen LogP contribution in [-0.2, 0) is 6.42 Å². The summed E-state index contributed by atoms with van der Waals surface area (Å²) in [5, 5.41) is 6.55. The minimum Gasteiger partial charge on any atom is -0.469 e. The van der Waals surface area contributed by atoms with Gasteiger partial charge in [-0.25, -0.2) is 0 Å². The Bertz CT molecular complexity index is 440. The van der Waals surface area contributed by atoms with Gasteiger partial charge in [-0.3, -0.25) is 4.98 Å². The molecule has 0 radical (unpaired) electrons. The second-order valence-electron chi connectivity index (χ2n) is 3.75. The third-order valence-corrected chi connectivity index (χ3v) is 2.40. The summed E-state index contributed by atoms with van der Waals surface area (Å²) in [5.41, 5.74) is 2.06. The Kier molecular flexibility index (Phi) is 4.02. The number of pyridine rings is 1. The van der Waals surface area contributed by atoms with E-state index >= 15 is 0 Å². The molecule has 2 aromatic heterocycles. The van der Waals surface area contributed by atoms with E-state index in [0.29, 0.717) is 0 Å². The number of nitrogens with zero attached hydrogens (tertiary/aromatic N) is 1. The molecule has 0 aliphatic carbocycles. The monoisotopic (exact) mass is 231 g/mol. The highest BCUT2D eigenvalue weighted by molar-refractivity contribution is 5.53. The van der Waals surface area contributed by atoms with Crippen molar-refractivity contribution in [2.24, 2.45) is 0 Å². The lowest BCUT2D eigenvalue weighted by molar-refractivity contribution is 0.513. The Morgan fingerprint density at radius 2 is 2.06 bits per heavy atom. The zero-order valence-corrected chi connectivity index (χ0v) is 9.94. The summed E-state index contributed by atoms with van der Waals surface area (Å²) >= 11 is 0. The normalized spacial score (nSPS) is 10.2. The SMILES string of the molecule is CCNc1cncc(NCCc2ccco2)c1. The van der Waals surface area contributed by atoms with E-state index in [-0.39, 0.29) is 0 Å². The molecule has 2 rings (SSSR count). The second kappa shape index (κ2) is 5.94. The van der Waals surface area contributed by atoms with Crippen LogP contribution in [0.3, 0.4) is 0 Å². The molecule has 2 aromatic rings. The predicted molar refractivity (Wildman–Crippen MR) is 69.3 cm³/mol. The van der Waals surface area contributed by atoms with Crippen molar-refractivity contribution >= 4 is 11.4 Å². The first kappa shape index (κ1) is 11.5. The molecule has 0 aliphatic rings. The molecule has 0 saturated heterocycles. The van der Waals surface area contributed by atoms with Gasteiger partial charge in [0.05, 0.1) is 30.0 Å². The van der Waals surface area contributed by atoms with Gasteiger partial charge in [-0.1, -0.05) is 0 Å². The summed E-state index contributed by atoms with van der Waals surface area (Å²) in [6.45, 7) is 3.80. The van der Waals surface area contributed by atoms with Crippen molar-refractivity contribution in [3.63, 3.8) is 0 Å². The van der Waals surface area contributed by atoms with E-state index in [0.717, 1.165) is 36.6 Å². The number of aromatic nitrogens is 1. The molecule has 0 saturated carbocycles. The van der Waals surface area contributed by atoms with Crippen LogP contribution >= 0.6 is 0 Å². The van der Waals surface area contributed by atoms with Gasteiger partial charge in [-0.05, 0) is 25.1 Å². The molecule has 2 N–H and O–H groups in total. The summed E-state index contributed by atoms with van der Waals surface area (Å²) in [6.07, 6.45) is 6.21. The third-order valence-electron chi connectivity index (χ3n) is 2.40. The lowest BCUT2D eigenvalue weighted by Gasteiger charge is -2.07. The van der Waals surface area contributed by atoms with Gasteiger partial charge >= 0.3 is 0 Å². The van der Waals surface area contributed by atoms with Crippen molar-refractivity contribution in [2.75, 3.05) is 23.7 Å². The van der Waals surface area contributed by atoms with Crippen LogP contribution in [0.5, 0.6) is 0 Å². The molecular weight excluding hydrogens is 214 g/mol. The van der Waals surface area contributed by atoms with Crippen LogP contribution in [0, 0.1) is 0 Å². The molecule has 17 heavy (non-hydrogen) atoms. The van der Waals surface area contributed by atoms with Gasteiger partial charge in [0.15, 0.2) is 0 Å². The number of rotatable bonds is 6. The van der Waals surface area contributed by atoms with E-state index in [9.17, 15) is 0 Å². The lowest BCUT2D eigenvalue weighted by atomic mass is 10.3. The molecule has 0 aromatic carbocycles. The molecule has 0 aliphatic heterocycles. The van der Waals surface area contributed by atoms with E-state index in [1.165, 1.54) is 0 Å². The van der Waals surface area contributed by atoms with Gasteiger partial charge in [-0.15, -0.1) is 0 Å². The van der Waals surface area contributed by atoms with Gasteiger partial charge in [0.25, 0.3) is 0 Å². The average Bonchev–Trinajstić information content (AvgIpc) is 2.83. The van der Waals surface area contributed by atoms with E-state index in [1.807, 2.05) is 24.5 Å². The fourth-order valence-corrected chi connectivity index (χ4v) is 1.62. The molecule has 2 heterocycles. The van der Waals surface area contributed by atoms with Crippen LogP contribution in [0.1, 0.15) is 12.7 Å². The van der Waals surface area contributed by atoms with Gasteiger partial charge < -0.3 is 15.1 Å². The van der Waals surface area contributed by atoms with E-state index < -0.39 is 0 Å². The quantitative estimate of drug-likeness (QED) is 0.802. The average molecular weight is 231 g/mol. The maximum Gasteiger partial charge on any atom is 0.105 e. The molecule has 0 bridgehead atoms. The predicted octanol–water partition coefficient (Wildman–Crippen LogP) is 2.76. The van der Waals surface area contributed by atoms with E-state index in [1.54, 1.807) is 6.26 Å². The standard InChI is InChI=1S/C13H17N3O/c1-2-15-11-8-12(10-14-9-11)16-6-5-13-4-3-7-17-13/h3-4,7-10,15-16H,2,5-6H2,1H3. The van der Waals surface area contributed by atoms with Gasteiger partial charge in [0.1, 0.15) is 5.76 Å². The summed E-state index contributed by atoms with van der Waals surface area (Å²) < 4.78 is 5.27. The Morgan fingerprint density at radius 3 is 2.76 bits per heavy atom. The molecular formula is C13H17N3O. The molecule has 0 atom stereocenters. The molecule has 0 fully saturated rings. The zero-order valence-electron chi connectivity index (χ0n) is 9.94. The molecule has 4 nitrogen and oxygen atoms in total. The van der Waals surface area contributed by atoms with Crippen LogP contribution in [-0.4, -0.2) is 18.1 Å². The third kappa shape index (κ3) is 3.52. The van der Waals surface area contributed by atoms with E-state index in [4.69, 9.17) is 4.42 Å². The lowest BCUT2D eigenvalue weighted by Crippen LogP contribution is -2.05. The fourth-order valence-electron chi connectivity index (χ4n) is 1.62. The maximum atomic E-state index is 5.27. The van der Waals surface area contributed by atoms with Crippen molar-refractivity contribution in [2.45, 2.75) is 13.3 Å². The number of hydrogen-bond acceptors (Lipinski definition) is 4. The topological polar surface area (TPSA) is 50.1 Å². The minimum absolute atomic E-state index is 0.838. The Hall–Kier alpha value is -1.97. The Morgan fingerprint density at radius 1 is 1.24 bits per heavy atom. The van der Waals surface area contributed by atoms with Crippen LogP contribution < -0.4 is 10.6 Å². The van der Waals surface area contributed by atoms with E-state index in [2.05, 4.69) is 28.6 Å². The summed E-state index contributed by atoms with van der Waals surface area (Å²) in [5.74, 6) is 0.994.